The lowest BCUT2D eigenvalue weighted by atomic mass is 10.1. The van der Waals surface area contributed by atoms with E-state index in [9.17, 15) is 0 Å². The molecule has 1 aliphatic rings. The van der Waals surface area contributed by atoms with Gasteiger partial charge in [0.1, 0.15) is 5.84 Å². The van der Waals surface area contributed by atoms with Crippen molar-refractivity contribution in [1.29, 1.82) is 0 Å². The molecule has 2 heteroatoms. The van der Waals surface area contributed by atoms with Gasteiger partial charge in [0, 0.05) is 26.2 Å². The van der Waals surface area contributed by atoms with Crippen molar-refractivity contribution < 1.29 is 0 Å². The number of hydrogen-bond acceptors (Lipinski definition) is 1. The number of aliphatic imine (C=N–C) groups is 1. The Morgan fingerprint density at radius 2 is 2.15 bits per heavy atom. The highest BCUT2D eigenvalue weighted by Crippen LogP contribution is 2.12. The zero-order valence-corrected chi connectivity index (χ0v) is 8.95. The van der Waals surface area contributed by atoms with Gasteiger partial charge in [-0.2, -0.15) is 0 Å². The van der Waals surface area contributed by atoms with Crippen molar-refractivity contribution in [2.24, 2.45) is 10.9 Å². The summed E-state index contributed by atoms with van der Waals surface area (Å²) in [5, 5.41) is 0. The van der Waals surface area contributed by atoms with Gasteiger partial charge in [-0.1, -0.05) is 19.9 Å². The lowest BCUT2D eigenvalue weighted by Gasteiger charge is -2.26. The summed E-state index contributed by atoms with van der Waals surface area (Å²) >= 11 is 0. The number of allylic oxidation sites excluding steroid dienone is 1. The number of piperidine rings is 1. The standard InChI is InChI=1S/C11H20N2/c1-10(2)7-9-13-8-5-4-6-11(13)12-3/h7,9-10H,4-6,8H2,1-3H3/b9-7+,12-11-. The maximum Gasteiger partial charge on any atom is 0.102 e. The third kappa shape index (κ3) is 3.21. The van der Waals surface area contributed by atoms with Crippen LogP contribution in [0.25, 0.3) is 0 Å². The molecule has 0 aromatic rings. The van der Waals surface area contributed by atoms with Gasteiger partial charge in [-0.25, -0.2) is 0 Å². The van der Waals surface area contributed by atoms with E-state index in [-0.39, 0.29) is 0 Å². The normalized spacial score (nSPS) is 22.2. The fourth-order valence-corrected chi connectivity index (χ4v) is 1.51. The molecule has 2 nitrogen and oxygen atoms in total. The minimum absolute atomic E-state index is 0.625. The van der Waals surface area contributed by atoms with Gasteiger partial charge in [-0.15, -0.1) is 0 Å². The van der Waals surface area contributed by atoms with Crippen LogP contribution in [0.5, 0.6) is 0 Å². The molecule has 1 aliphatic heterocycles. The lowest BCUT2D eigenvalue weighted by molar-refractivity contribution is 0.467. The molecule has 74 valence electrons. The summed E-state index contributed by atoms with van der Waals surface area (Å²) in [6.07, 6.45) is 8.14. The fraction of sp³-hybridized carbons (Fsp3) is 0.727. The second-order valence-electron chi connectivity index (χ2n) is 3.88. The van der Waals surface area contributed by atoms with Crippen LogP contribution in [-0.4, -0.2) is 24.3 Å². The SMILES string of the molecule is C/N=C1/CCCCN1/C=C/C(C)C. The Hall–Kier alpha value is -0.790. The Morgan fingerprint density at radius 3 is 2.77 bits per heavy atom. The van der Waals surface area contributed by atoms with E-state index in [0.29, 0.717) is 5.92 Å². The van der Waals surface area contributed by atoms with Crippen LogP contribution in [0.2, 0.25) is 0 Å². The topological polar surface area (TPSA) is 15.6 Å². The van der Waals surface area contributed by atoms with E-state index in [1.54, 1.807) is 0 Å². The number of likely N-dealkylation sites (tertiary alicyclic amines) is 1. The molecule has 0 spiro atoms. The molecular weight excluding hydrogens is 160 g/mol. The van der Waals surface area contributed by atoms with Gasteiger partial charge in [0.25, 0.3) is 0 Å². The van der Waals surface area contributed by atoms with Crippen molar-refractivity contribution in [3.05, 3.63) is 12.3 Å². The van der Waals surface area contributed by atoms with Gasteiger partial charge < -0.3 is 4.90 Å². The summed E-state index contributed by atoms with van der Waals surface area (Å²) < 4.78 is 0. The van der Waals surface area contributed by atoms with Crippen LogP contribution >= 0.6 is 0 Å². The first kappa shape index (κ1) is 10.3. The Kier molecular flexibility index (Phi) is 4.00. The van der Waals surface area contributed by atoms with Crippen LogP contribution in [0.1, 0.15) is 33.1 Å². The maximum atomic E-state index is 4.30. The minimum atomic E-state index is 0.625. The molecule has 0 aliphatic carbocycles. The van der Waals surface area contributed by atoms with Crippen LogP contribution in [0.15, 0.2) is 17.3 Å². The molecule has 0 atom stereocenters. The molecule has 1 saturated heterocycles. The molecular formula is C11H20N2. The molecule has 0 saturated carbocycles. The van der Waals surface area contributed by atoms with Gasteiger partial charge in [0.15, 0.2) is 0 Å². The molecule has 0 bridgehead atoms. The molecule has 1 rings (SSSR count). The summed E-state index contributed by atoms with van der Waals surface area (Å²) in [6, 6.07) is 0. The highest BCUT2D eigenvalue weighted by Gasteiger charge is 2.12. The number of nitrogens with zero attached hydrogens (tertiary/aromatic N) is 2. The first-order valence-electron chi connectivity index (χ1n) is 5.14. The summed E-state index contributed by atoms with van der Waals surface area (Å²) in [6.45, 7) is 5.53. The van der Waals surface area contributed by atoms with Crippen LogP contribution < -0.4 is 0 Å². The summed E-state index contributed by atoms with van der Waals surface area (Å²) in [5.74, 6) is 1.86. The van der Waals surface area contributed by atoms with Gasteiger partial charge in [-0.3, -0.25) is 4.99 Å². The molecule has 13 heavy (non-hydrogen) atoms. The molecule has 0 unspecified atom stereocenters. The molecule has 1 fully saturated rings. The monoisotopic (exact) mass is 180 g/mol. The molecule has 0 aromatic heterocycles. The third-order valence-corrected chi connectivity index (χ3v) is 2.29. The highest BCUT2D eigenvalue weighted by atomic mass is 15.2. The van der Waals surface area contributed by atoms with E-state index in [1.807, 2.05) is 7.05 Å². The maximum absolute atomic E-state index is 4.30. The van der Waals surface area contributed by atoms with E-state index >= 15 is 0 Å². The average molecular weight is 180 g/mol. The first-order chi connectivity index (χ1) is 6.24. The van der Waals surface area contributed by atoms with Gasteiger partial charge in [0.05, 0.1) is 0 Å². The smallest absolute Gasteiger partial charge is 0.102 e. The van der Waals surface area contributed by atoms with E-state index in [2.05, 4.69) is 36.0 Å². The van der Waals surface area contributed by atoms with Crippen molar-refractivity contribution in [3.63, 3.8) is 0 Å². The van der Waals surface area contributed by atoms with Crippen LogP contribution in [-0.2, 0) is 0 Å². The Labute approximate surface area is 81.3 Å². The first-order valence-corrected chi connectivity index (χ1v) is 5.14. The number of hydrogen-bond donors (Lipinski definition) is 0. The zero-order chi connectivity index (χ0) is 9.68. The molecule has 0 aromatic carbocycles. The second kappa shape index (κ2) is 5.05. The van der Waals surface area contributed by atoms with Gasteiger partial charge in [0.2, 0.25) is 0 Å². The van der Waals surface area contributed by atoms with Gasteiger partial charge in [-0.05, 0) is 18.8 Å². The number of rotatable bonds is 2. The largest absolute Gasteiger partial charge is 0.337 e. The van der Waals surface area contributed by atoms with E-state index in [4.69, 9.17) is 0 Å². The molecule has 0 radical (unpaired) electrons. The lowest BCUT2D eigenvalue weighted by Crippen LogP contribution is -2.30. The van der Waals surface area contributed by atoms with Crippen LogP contribution in [0.4, 0.5) is 0 Å². The molecule has 1 heterocycles. The minimum Gasteiger partial charge on any atom is -0.337 e. The molecule has 0 amide bonds. The quantitative estimate of drug-likeness (QED) is 0.638. The Balaban J connectivity index is 2.55. The van der Waals surface area contributed by atoms with Crippen molar-refractivity contribution in [2.75, 3.05) is 13.6 Å². The fourth-order valence-electron chi connectivity index (χ4n) is 1.51. The third-order valence-electron chi connectivity index (χ3n) is 2.29. The van der Waals surface area contributed by atoms with E-state index in [0.717, 1.165) is 13.0 Å². The summed E-state index contributed by atoms with van der Waals surface area (Å²) in [5.41, 5.74) is 0. The van der Waals surface area contributed by atoms with E-state index in [1.165, 1.54) is 18.7 Å². The summed E-state index contributed by atoms with van der Waals surface area (Å²) in [7, 11) is 1.89. The summed E-state index contributed by atoms with van der Waals surface area (Å²) in [4.78, 5) is 6.58. The van der Waals surface area contributed by atoms with Crippen molar-refractivity contribution in [1.82, 2.24) is 4.90 Å². The van der Waals surface area contributed by atoms with E-state index < -0.39 is 0 Å². The Bertz CT molecular complexity index is 204. The van der Waals surface area contributed by atoms with Crippen molar-refractivity contribution >= 4 is 5.84 Å². The van der Waals surface area contributed by atoms with Crippen LogP contribution in [0.3, 0.4) is 0 Å². The van der Waals surface area contributed by atoms with Crippen LogP contribution in [0, 0.1) is 5.92 Å². The predicted molar refractivity (Wildman–Crippen MR) is 57.9 cm³/mol. The highest BCUT2D eigenvalue weighted by molar-refractivity contribution is 5.83. The van der Waals surface area contributed by atoms with Crippen molar-refractivity contribution in [3.8, 4) is 0 Å². The average Bonchev–Trinajstić information content (AvgIpc) is 2.15. The molecule has 0 N–H and O–H groups in total. The van der Waals surface area contributed by atoms with Crippen molar-refractivity contribution in [2.45, 2.75) is 33.1 Å². The second-order valence-corrected chi connectivity index (χ2v) is 3.88. The van der Waals surface area contributed by atoms with Gasteiger partial charge >= 0.3 is 0 Å². The predicted octanol–water partition coefficient (Wildman–Crippen LogP) is 2.67. The Morgan fingerprint density at radius 1 is 1.38 bits per heavy atom. The zero-order valence-electron chi connectivity index (χ0n) is 8.95. The number of amidine groups is 1.